The molecule has 1 amide bonds. The Morgan fingerprint density at radius 3 is 3.10 bits per heavy atom. The SMILES string of the molecule is CC(CNC(=O)c1n[nH]c2ccccc12)c1nccs1. The van der Waals surface area contributed by atoms with Gasteiger partial charge in [0.1, 0.15) is 0 Å². The highest BCUT2D eigenvalue weighted by atomic mass is 32.1. The fourth-order valence-corrected chi connectivity index (χ4v) is 2.73. The number of aromatic nitrogens is 3. The number of H-pyrrole nitrogens is 1. The summed E-state index contributed by atoms with van der Waals surface area (Å²) in [7, 11) is 0. The minimum Gasteiger partial charge on any atom is -0.350 e. The van der Waals surface area contributed by atoms with Crippen molar-refractivity contribution in [3.63, 3.8) is 0 Å². The molecule has 2 N–H and O–H groups in total. The number of benzene rings is 1. The molecule has 102 valence electrons. The summed E-state index contributed by atoms with van der Waals surface area (Å²) in [6.07, 6.45) is 1.78. The van der Waals surface area contributed by atoms with E-state index in [1.54, 1.807) is 17.5 Å². The van der Waals surface area contributed by atoms with Crippen LogP contribution < -0.4 is 5.32 Å². The summed E-state index contributed by atoms with van der Waals surface area (Å²) in [5.74, 6) is 0.0370. The van der Waals surface area contributed by atoms with Crippen LogP contribution in [-0.4, -0.2) is 27.6 Å². The van der Waals surface area contributed by atoms with E-state index in [1.807, 2.05) is 36.6 Å². The molecule has 3 rings (SSSR count). The number of hydrogen-bond acceptors (Lipinski definition) is 4. The fraction of sp³-hybridized carbons (Fsp3) is 0.214. The van der Waals surface area contributed by atoms with Gasteiger partial charge in [0.15, 0.2) is 5.69 Å². The lowest BCUT2D eigenvalue weighted by Crippen LogP contribution is -2.27. The van der Waals surface area contributed by atoms with Crippen LogP contribution in [0.25, 0.3) is 10.9 Å². The number of rotatable bonds is 4. The lowest BCUT2D eigenvalue weighted by molar-refractivity contribution is 0.0948. The topological polar surface area (TPSA) is 70.7 Å². The number of carbonyl (C=O) groups is 1. The Bertz CT molecular complexity index is 720. The monoisotopic (exact) mass is 286 g/mol. The minimum atomic E-state index is -0.161. The maximum atomic E-state index is 12.2. The maximum absolute atomic E-state index is 12.2. The molecular formula is C14H14N4OS. The zero-order valence-electron chi connectivity index (χ0n) is 11.0. The van der Waals surface area contributed by atoms with Gasteiger partial charge >= 0.3 is 0 Å². The van der Waals surface area contributed by atoms with Crippen molar-refractivity contribution in [1.29, 1.82) is 0 Å². The second-order valence-electron chi connectivity index (χ2n) is 4.60. The molecule has 6 heteroatoms. The van der Waals surface area contributed by atoms with E-state index >= 15 is 0 Å². The summed E-state index contributed by atoms with van der Waals surface area (Å²) in [6, 6.07) is 7.59. The van der Waals surface area contributed by atoms with Crippen LogP contribution in [0.3, 0.4) is 0 Å². The van der Waals surface area contributed by atoms with Gasteiger partial charge in [0.05, 0.1) is 10.5 Å². The van der Waals surface area contributed by atoms with E-state index in [4.69, 9.17) is 0 Å². The van der Waals surface area contributed by atoms with Gasteiger partial charge in [-0.3, -0.25) is 9.89 Å². The molecule has 2 heterocycles. The molecule has 0 aliphatic heterocycles. The molecule has 2 aromatic heterocycles. The van der Waals surface area contributed by atoms with Crippen molar-refractivity contribution in [1.82, 2.24) is 20.5 Å². The van der Waals surface area contributed by atoms with Crippen LogP contribution in [0.5, 0.6) is 0 Å². The molecule has 0 saturated carbocycles. The van der Waals surface area contributed by atoms with Gasteiger partial charge in [-0.2, -0.15) is 5.10 Å². The summed E-state index contributed by atoms with van der Waals surface area (Å²) >= 11 is 1.60. The first-order valence-corrected chi connectivity index (χ1v) is 7.24. The fourth-order valence-electron chi connectivity index (χ4n) is 2.03. The van der Waals surface area contributed by atoms with Crippen LogP contribution in [0.1, 0.15) is 28.3 Å². The Kier molecular flexibility index (Phi) is 3.47. The van der Waals surface area contributed by atoms with Crippen LogP contribution in [-0.2, 0) is 0 Å². The smallest absolute Gasteiger partial charge is 0.272 e. The third kappa shape index (κ3) is 2.42. The molecule has 0 aliphatic rings. The average molecular weight is 286 g/mol. The number of hydrogen-bond donors (Lipinski definition) is 2. The van der Waals surface area contributed by atoms with Crippen molar-refractivity contribution in [3.05, 3.63) is 46.5 Å². The van der Waals surface area contributed by atoms with E-state index in [0.29, 0.717) is 12.2 Å². The van der Waals surface area contributed by atoms with Crippen LogP contribution in [0.15, 0.2) is 35.8 Å². The van der Waals surface area contributed by atoms with Gasteiger partial charge in [-0.1, -0.05) is 25.1 Å². The lowest BCUT2D eigenvalue weighted by atomic mass is 10.1. The summed E-state index contributed by atoms with van der Waals surface area (Å²) in [6.45, 7) is 2.59. The van der Waals surface area contributed by atoms with Crippen LogP contribution in [0.4, 0.5) is 0 Å². The van der Waals surface area contributed by atoms with Gasteiger partial charge in [-0.15, -0.1) is 11.3 Å². The summed E-state index contributed by atoms with van der Waals surface area (Å²) in [4.78, 5) is 16.4. The minimum absolute atomic E-state index is 0.161. The summed E-state index contributed by atoms with van der Waals surface area (Å²) in [5, 5.41) is 13.7. The van der Waals surface area contributed by atoms with Gasteiger partial charge in [-0.05, 0) is 6.07 Å². The molecule has 0 radical (unpaired) electrons. The molecule has 5 nitrogen and oxygen atoms in total. The number of carbonyl (C=O) groups excluding carboxylic acids is 1. The standard InChI is InChI=1S/C14H14N4OS/c1-9(14-15-6-7-20-14)8-16-13(19)12-10-4-2-3-5-11(10)17-18-12/h2-7,9H,8H2,1H3,(H,16,19)(H,17,18). The maximum Gasteiger partial charge on any atom is 0.272 e. The van der Waals surface area contributed by atoms with Gasteiger partial charge in [-0.25, -0.2) is 4.98 Å². The number of thiazole rings is 1. The highest BCUT2D eigenvalue weighted by molar-refractivity contribution is 7.09. The highest BCUT2D eigenvalue weighted by Crippen LogP contribution is 2.18. The number of para-hydroxylation sites is 1. The van der Waals surface area contributed by atoms with E-state index in [9.17, 15) is 4.79 Å². The molecule has 0 fully saturated rings. The second-order valence-corrected chi connectivity index (χ2v) is 5.53. The first-order chi connectivity index (χ1) is 9.75. The van der Waals surface area contributed by atoms with Gasteiger partial charge in [0.2, 0.25) is 0 Å². The Balaban J connectivity index is 1.70. The number of nitrogens with zero attached hydrogens (tertiary/aromatic N) is 2. The van der Waals surface area contributed by atoms with Gasteiger partial charge < -0.3 is 5.32 Å². The number of nitrogens with one attached hydrogen (secondary N) is 2. The Hall–Kier alpha value is -2.21. The van der Waals surface area contributed by atoms with Crippen molar-refractivity contribution >= 4 is 28.1 Å². The van der Waals surface area contributed by atoms with E-state index in [1.165, 1.54) is 0 Å². The largest absolute Gasteiger partial charge is 0.350 e. The zero-order chi connectivity index (χ0) is 13.9. The predicted molar refractivity (Wildman–Crippen MR) is 79.0 cm³/mol. The van der Waals surface area contributed by atoms with Gasteiger partial charge in [0.25, 0.3) is 5.91 Å². The Morgan fingerprint density at radius 2 is 2.30 bits per heavy atom. The van der Waals surface area contributed by atoms with E-state index in [2.05, 4.69) is 20.5 Å². The molecule has 0 spiro atoms. The zero-order valence-corrected chi connectivity index (χ0v) is 11.8. The van der Waals surface area contributed by atoms with Gasteiger partial charge in [0, 0.05) is 29.4 Å². The number of fused-ring (bicyclic) bond motifs is 1. The number of aromatic amines is 1. The summed E-state index contributed by atoms with van der Waals surface area (Å²) in [5.41, 5.74) is 1.30. The van der Waals surface area contributed by atoms with Crippen LogP contribution in [0.2, 0.25) is 0 Å². The second kappa shape index (κ2) is 5.42. The normalized spacial score (nSPS) is 12.4. The Labute approximate surface area is 120 Å². The third-order valence-electron chi connectivity index (χ3n) is 3.13. The van der Waals surface area contributed by atoms with E-state index in [-0.39, 0.29) is 11.8 Å². The molecule has 0 aliphatic carbocycles. The number of amides is 1. The predicted octanol–water partition coefficient (Wildman–Crippen LogP) is 2.55. The first-order valence-electron chi connectivity index (χ1n) is 6.36. The lowest BCUT2D eigenvalue weighted by Gasteiger charge is -2.09. The molecule has 0 bridgehead atoms. The first kappa shape index (κ1) is 12.8. The van der Waals surface area contributed by atoms with Crippen LogP contribution >= 0.6 is 11.3 Å². The van der Waals surface area contributed by atoms with Crippen molar-refractivity contribution in [2.45, 2.75) is 12.8 Å². The molecule has 20 heavy (non-hydrogen) atoms. The molecule has 3 aromatic rings. The Morgan fingerprint density at radius 1 is 1.45 bits per heavy atom. The van der Waals surface area contributed by atoms with E-state index in [0.717, 1.165) is 15.9 Å². The molecular weight excluding hydrogens is 272 g/mol. The van der Waals surface area contributed by atoms with Crippen molar-refractivity contribution in [3.8, 4) is 0 Å². The van der Waals surface area contributed by atoms with Crippen molar-refractivity contribution in [2.24, 2.45) is 0 Å². The average Bonchev–Trinajstić information content (AvgIpc) is 3.13. The van der Waals surface area contributed by atoms with Crippen molar-refractivity contribution in [2.75, 3.05) is 6.54 Å². The van der Waals surface area contributed by atoms with Crippen LogP contribution in [0, 0.1) is 0 Å². The summed E-state index contributed by atoms with van der Waals surface area (Å²) < 4.78 is 0. The van der Waals surface area contributed by atoms with Crippen molar-refractivity contribution < 1.29 is 4.79 Å². The third-order valence-corrected chi connectivity index (χ3v) is 4.13. The molecule has 0 saturated heterocycles. The highest BCUT2D eigenvalue weighted by Gasteiger charge is 2.15. The molecule has 1 aromatic carbocycles. The quantitative estimate of drug-likeness (QED) is 0.774. The molecule has 1 unspecified atom stereocenters. The van der Waals surface area contributed by atoms with E-state index < -0.39 is 0 Å². The molecule has 1 atom stereocenters.